The van der Waals surface area contributed by atoms with Crippen LogP contribution in [0.2, 0.25) is 0 Å². The summed E-state index contributed by atoms with van der Waals surface area (Å²) in [6, 6.07) is 5.33. The summed E-state index contributed by atoms with van der Waals surface area (Å²) in [5, 5.41) is 3.24. The molecule has 0 amide bonds. The molecule has 118 valence electrons. The fourth-order valence-corrected chi connectivity index (χ4v) is 4.10. The van der Waals surface area contributed by atoms with Crippen LogP contribution in [0, 0.1) is 17.8 Å². The van der Waals surface area contributed by atoms with Crippen molar-refractivity contribution in [1.82, 2.24) is 4.72 Å². The van der Waals surface area contributed by atoms with Gasteiger partial charge in [0.25, 0.3) is 0 Å². The predicted octanol–water partition coefficient (Wildman–Crippen LogP) is 2.86. The Morgan fingerprint density at radius 3 is 2.48 bits per heavy atom. The molecule has 4 nitrogen and oxygen atoms in total. The van der Waals surface area contributed by atoms with Crippen molar-refractivity contribution in [2.24, 2.45) is 17.8 Å². The largest absolute Gasteiger partial charge is 0.384 e. The number of rotatable bonds is 6. The lowest BCUT2D eigenvalue weighted by atomic mass is 9.86. The van der Waals surface area contributed by atoms with E-state index in [-0.39, 0.29) is 0 Å². The van der Waals surface area contributed by atoms with Crippen LogP contribution in [0.5, 0.6) is 0 Å². The number of hydrogen-bond acceptors (Lipinski definition) is 3. The Morgan fingerprint density at radius 2 is 1.86 bits per heavy atom. The molecule has 0 fully saturated rings. The number of hydrogen-bond donors (Lipinski definition) is 2. The number of benzene rings is 1. The summed E-state index contributed by atoms with van der Waals surface area (Å²) in [7, 11) is -3.42. The van der Waals surface area contributed by atoms with E-state index in [2.05, 4.69) is 37.7 Å². The van der Waals surface area contributed by atoms with Gasteiger partial charge in [-0.25, -0.2) is 13.1 Å². The lowest BCUT2D eigenvalue weighted by Gasteiger charge is -2.25. The van der Waals surface area contributed by atoms with Gasteiger partial charge < -0.3 is 5.32 Å². The molecular weight excluding hydrogens is 284 g/mol. The lowest BCUT2D eigenvalue weighted by Crippen LogP contribution is -2.34. The molecule has 0 bridgehead atoms. The van der Waals surface area contributed by atoms with E-state index in [4.69, 9.17) is 0 Å². The molecule has 0 spiro atoms. The maximum absolute atomic E-state index is 12.5. The highest BCUT2D eigenvalue weighted by atomic mass is 32.2. The molecule has 0 radical (unpaired) electrons. The van der Waals surface area contributed by atoms with E-state index >= 15 is 0 Å². The zero-order valence-corrected chi connectivity index (χ0v) is 14.1. The molecule has 0 aliphatic carbocycles. The molecule has 1 aromatic rings. The van der Waals surface area contributed by atoms with Crippen LogP contribution in [-0.2, 0) is 16.4 Å². The van der Waals surface area contributed by atoms with Crippen molar-refractivity contribution in [1.29, 1.82) is 0 Å². The Bertz CT molecular complexity index is 586. The van der Waals surface area contributed by atoms with Crippen LogP contribution in [0.15, 0.2) is 23.1 Å². The monoisotopic (exact) mass is 310 g/mol. The molecule has 1 aliphatic rings. The van der Waals surface area contributed by atoms with Gasteiger partial charge in [-0.2, -0.15) is 0 Å². The van der Waals surface area contributed by atoms with Crippen molar-refractivity contribution in [3.05, 3.63) is 23.8 Å². The third-order valence-electron chi connectivity index (χ3n) is 4.32. The van der Waals surface area contributed by atoms with E-state index in [1.165, 1.54) is 0 Å². The Morgan fingerprint density at radius 1 is 1.19 bits per heavy atom. The van der Waals surface area contributed by atoms with E-state index < -0.39 is 10.0 Å². The third kappa shape index (κ3) is 3.77. The highest BCUT2D eigenvalue weighted by Crippen LogP contribution is 2.25. The summed E-state index contributed by atoms with van der Waals surface area (Å²) >= 11 is 0. The first-order chi connectivity index (χ1) is 9.81. The number of anilines is 1. The molecule has 0 atom stereocenters. The number of nitrogens with one attached hydrogen (secondary N) is 2. The van der Waals surface area contributed by atoms with Gasteiger partial charge in [-0.1, -0.05) is 27.7 Å². The molecule has 1 heterocycles. The van der Waals surface area contributed by atoms with Crippen LogP contribution in [0.3, 0.4) is 0 Å². The molecule has 0 saturated heterocycles. The second kappa shape index (κ2) is 6.36. The average molecular weight is 310 g/mol. The van der Waals surface area contributed by atoms with E-state index in [0.717, 1.165) is 24.2 Å². The van der Waals surface area contributed by atoms with E-state index in [9.17, 15) is 8.42 Å². The second-order valence-corrected chi connectivity index (χ2v) is 8.27. The minimum Gasteiger partial charge on any atom is -0.384 e. The van der Waals surface area contributed by atoms with Crippen molar-refractivity contribution in [3.8, 4) is 0 Å². The van der Waals surface area contributed by atoms with Gasteiger partial charge in [-0.15, -0.1) is 0 Å². The van der Waals surface area contributed by atoms with Crippen molar-refractivity contribution in [3.63, 3.8) is 0 Å². The first kappa shape index (κ1) is 16.3. The Hall–Kier alpha value is -1.07. The van der Waals surface area contributed by atoms with Gasteiger partial charge in [-0.3, -0.25) is 0 Å². The fourth-order valence-electron chi connectivity index (χ4n) is 2.98. The summed E-state index contributed by atoms with van der Waals surface area (Å²) in [4.78, 5) is 0.371. The maximum atomic E-state index is 12.5. The topological polar surface area (TPSA) is 58.2 Å². The smallest absolute Gasteiger partial charge is 0.240 e. The summed E-state index contributed by atoms with van der Waals surface area (Å²) in [5.74, 6) is 1.25. The maximum Gasteiger partial charge on any atom is 0.240 e. The first-order valence-corrected chi connectivity index (χ1v) is 9.16. The zero-order chi connectivity index (χ0) is 15.6. The first-order valence-electron chi connectivity index (χ1n) is 7.67. The molecule has 0 saturated carbocycles. The molecule has 5 heteroatoms. The van der Waals surface area contributed by atoms with Gasteiger partial charge >= 0.3 is 0 Å². The average Bonchev–Trinajstić information content (AvgIpc) is 2.84. The molecule has 0 aromatic heterocycles. The standard InChI is InChI=1S/C16H26N2O2S/c1-11(2)15(12(3)4)10-18-21(19,20)14-5-6-16-13(9-14)7-8-17-16/h5-6,9,11-12,15,17-18H,7-8,10H2,1-4H3. The SMILES string of the molecule is CC(C)C(CNS(=O)(=O)c1ccc2c(c1)CCN2)C(C)C. The lowest BCUT2D eigenvalue weighted by molar-refractivity contribution is 0.289. The summed E-state index contributed by atoms with van der Waals surface area (Å²) in [6.07, 6.45) is 0.888. The molecule has 2 rings (SSSR count). The molecule has 21 heavy (non-hydrogen) atoms. The Labute approximate surface area is 128 Å². The molecule has 1 aliphatic heterocycles. The Balaban J connectivity index is 2.11. The highest BCUT2D eigenvalue weighted by Gasteiger charge is 2.22. The summed E-state index contributed by atoms with van der Waals surface area (Å²) in [5.41, 5.74) is 2.14. The van der Waals surface area contributed by atoms with Crippen LogP contribution in [0.4, 0.5) is 5.69 Å². The second-order valence-electron chi connectivity index (χ2n) is 6.50. The van der Waals surface area contributed by atoms with Crippen molar-refractivity contribution >= 4 is 15.7 Å². The van der Waals surface area contributed by atoms with Gasteiger partial charge in [-0.05, 0) is 47.9 Å². The van der Waals surface area contributed by atoms with E-state index in [1.807, 2.05) is 6.07 Å². The fraction of sp³-hybridized carbons (Fsp3) is 0.625. The van der Waals surface area contributed by atoms with Crippen molar-refractivity contribution in [2.75, 3.05) is 18.4 Å². The van der Waals surface area contributed by atoms with Crippen LogP contribution in [-0.4, -0.2) is 21.5 Å². The summed E-state index contributed by atoms with van der Waals surface area (Å²) < 4.78 is 27.7. The van der Waals surface area contributed by atoms with Crippen LogP contribution in [0.25, 0.3) is 0 Å². The van der Waals surface area contributed by atoms with Crippen LogP contribution < -0.4 is 10.0 Å². The molecule has 2 N–H and O–H groups in total. The van der Waals surface area contributed by atoms with E-state index in [1.54, 1.807) is 12.1 Å². The quantitative estimate of drug-likeness (QED) is 0.849. The van der Waals surface area contributed by atoms with Gasteiger partial charge in [0, 0.05) is 18.8 Å². The van der Waals surface area contributed by atoms with Crippen molar-refractivity contribution in [2.45, 2.75) is 39.0 Å². The molecule has 1 aromatic carbocycles. The van der Waals surface area contributed by atoms with Gasteiger partial charge in [0.15, 0.2) is 0 Å². The van der Waals surface area contributed by atoms with Crippen LogP contribution in [0.1, 0.15) is 33.3 Å². The van der Waals surface area contributed by atoms with Crippen LogP contribution >= 0.6 is 0 Å². The van der Waals surface area contributed by atoms with Gasteiger partial charge in [0.1, 0.15) is 0 Å². The third-order valence-corrected chi connectivity index (χ3v) is 5.74. The zero-order valence-electron chi connectivity index (χ0n) is 13.3. The minimum atomic E-state index is -3.42. The highest BCUT2D eigenvalue weighted by molar-refractivity contribution is 7.89. The Kier molecular flexibility index (Phi) is 4.94. The number of sulfonamides is 1. The normalized spacial score (nSPS) is 14.8. The van der Waals surface area contributed by atoms with E-state index in [0.29, 0.717) is 29.2 Å². The minimum absolute atomic E-state index is 0.343. The van der Waals surface area contributed by atoms with Gasteiger partial charge in [0.2, 0.25) is 10.0 Å². The summed E-state index contributed by atoms with van der Waals surface area (Å²) in [6.45, 7) is 9.93. The van der Waals surface area contributed by atoms with Gasteiger partial charge in [0.05, 0.1) is 4.90 Å². The molecular formula is C16H26N2O2S. The number of fused-ring (bicyclic) bond motifs is 1. The molecule has 0 unspecified atom stereocenters. The van der Waals surface area contributed by atoms with Crippen molar-refractivity contribution < 1.29 is 8.42 Å². The predicted molar refractivity (Wildman–Crippen MR) is 87.0 cm³/mol.